The normalized spacial score (nSPS) is 16.6. The van der Waals surface area contributed by atoms with E-state index in [1.54, 1.807) is 0 Å². The molecule has 2 aliphatic heterocycles. The van der Waals surface area contributed by atoms with Crippen LogP contribution in [0.5, 0.6) is 0 Å². The number of fused-ring (bicyclic) bond motifs is 14. The second kappa shape index (κ2) is 9.59. The lowest BCUT2D eigenvalue weighted by Crippen LogP contribution is -2.56. The molecule has 3 nitrogen and oxygen atoms in total. The summed E-state index contributed by atoms with van der Waals surface area (Å²) < 4.78 is 10.8. The minimum Gasteiger partial charge on any atom is -0.441 e. The molecule has 0 saturated heterocycles. The van der Waals surface area contributed by atoms with Gasteiger partial charge in [0.2, 0.25) is 0 Å². The van der Waals surface area contributed by atoms with Crippen molar-refractivity contribution in [3.8, 4) is 11.1 Å². The highest BCUT2D eigenvalue weighted by molar-refractivity contribution is 7.26. The second-order valence-electron chi connectivity index (χ2n) is 16.8. The van der Waals surface area contributed by atoms with Gasteiger partial charge in [0, 0.05) is 31.9 Å². The topological polar surface area (TPSA) is 21.3 Å². The number of para-hydroxylation sites is 2. The Labute approximate surface area is 307 Å². The number of hydrogen-bond acceptors (Lipinski definition) is 3. The molecule has 250 valence electrons. The van der Waals surface area contributed by atoms with Crippen LogP contribution in [0.15, 0.2) is 114 Å². The van der Waals surface area contributed by atoms with Crippen LogP contribution in [0, 0.1) is 6.92 Å². The highest BCUT2D eigenvalue weighted by Gasteiger charge is 2.47. The van der Waals surface area contributed by atoms with Crippen LogP contribution in [0.25, 0.3) is 65.0 Å². The second-order valence-corrected chi connectivity index (χ2v) is 17.8. The molecule has 0 fully saturated rings. The summed E-state index contributed by atoms with van der Waals surface area (Å²) in [4.78, 5) is 2.68. The van der Waals surface area contributed by atoms with E-state index in [0.29, 0.717) is 0 Å². The number of furan rings is 1. The van der Waals surface area contributed by atoms with Crippen LogP contribution in [0.3, 0.4) is 0 Å². The highest BCUT2D eigenvalue weighted by Crippen LogP contribution is 2.54. The maximum atomic E-state index is 6.94. The predicted octanol–water partition coefficient (Wildman–Crippen LogP) is 12.0. The van der Waals surface area contributed by atoms with Crippen molar-refractivity contribution >= 4 is 99.3 Å². The van der Waals surface area contributed by atoms with E-state index < -0.39 is 0 Å². The summed E-state index contributed by atoms with van der Waals surface area (Å²) in [5, 5.41) is 8.84. The van der Waals surface area contributed by atoms with E-state index in [-0.39, 0.29) is 17.7 Å². The SMILES string of the molecule is Cc1cc2c(cc1N1c3sc4ccccc4c3B3c4c(cc5ccccc5c41)-c1cccc4c5c6ccccc6oc5n3c14)C(C)(C)CCC2(C)C. The Kier molecular flexibility index (Phi) is 5.41. The largest absolute Gasteiger partial charge is 0.441 e. The fraction of sp³-hybridized carbons (Fsp3) is 0.191. The summed E-state index contributed by atoms with van der Waals surface area (Å²) in [5.41, 5.74) is 15.7. The molecule has 0 N–H and O–H groups in total. The van der Waals surface area contributed by atoms with Gasteiger partial charge in [0.15, 0.2) is 5.71 Å². The molecule has 0 bridgehead atoms. The van der Waals surface area contributed by atoms with Crippen molar-refractivity contribution in [2.75, 3.05) is 4.90 Å². The van der Waals surface area contributed by atoms with Crippen LogP contribution in [-0.2, 0) is 10.8 Å². The number of hydrogen-bond donors (Lipinski definition) is 0. The average Bonchev–Trinajstić information content (AvgIpc) is 3.82. The Morgan fingerprint density at radius 1 is 0.673 bits per heavy atom. The third-order valence-electron chi connectivity index (χ3n) is 12.9. The molecule has 52 heavy (non-hydrogen) atoms. The summed E-state index contributed by atoms with van der Waals surface area (Å²) in [7, 11) is 0. The van der Waals surface area contributed by atoms with E-state index in [1.165, 1.54) is 110 Å². The van der Waals surface area contributed by atoms with Gasteiger partial charge in [0.25, 0.3) is 0 Å². The third kappa shape index (κ3) is 3.49. The molecule has 0 saturated carbocycles. The Bertz CT molecular complexity index is 3060. The van der Waals surface area contributed by atoms with Gasteiger partial charge in [-0.2, -0.15) is 0 Å². The zero-order valence-corrected chi connectivity index (χ0v) is 30.9. The van der Waals surface area contributed by atoms with Gasteiger partial charge < -0.3 is 13.8 Å². The quantitative estimate of drug-likeness (QED) is 0.160. The number of aryl methyl sites for hydroxylation is 1. The first-order valence-electron chi connectivity index (χ1n) is 18.7. The van der Waals surface area contributed by atoms with E-state index in [1.807, 2.05) is 11.3 Å². The molecule has 9 aromatic rings. The molecule has 1 aliphatic carbocycles. The van der Waals surface area contributed by atoms with Gasteiger partial charge in [-0.1, -0.05) is 113 Å². The van der Waals surface area contributed by atoms with Crippen molar-refractivity contribution < 1.29 is 4.42 Å². The first kappa shape index (κ1) is 29.3. The molecule has 0 radical (unpaired) electrons. The molecule has 5 heterocycles. The molecule has 0 amide bonds. The summed E-state index contributed by atoms with van der Waals surface area (Å²) >= 11 is 1.94. The van der Waals surface area contributed by atoms with Crippen molar-refractivity contribution in [3.05, 3.63) is 126 Å². The molecular formula is C47H37BN2OS. The molecule has 0 spiro atoms. The Balaban J connectivity index is 1.29. The van der Waals surface area contributed by atoms with Crippen LogP contribution < -0.4 is 15.8 Å². The fourth-order valence-corrected chi connectivity index (χ4v) is 11.5. The molecule has 0 unspecified atom stereocenters. The van der Waals surface area contributed by atoms with Gasteiger partial charge in [-0.15, -0.1) is 11.3 Å². The van der Waals surface area contributed by atoms with Gasteiger partial charge in [-0.25, -0.2) is 0 Å². The minimum absolute atomic E-state index is 0.0548. The van der Waals surface area contributed by atoms with Gasteiger partial charge in [0.1, 0.15) is 5.58 Å². The summed E-state index contributed by atoms with van der Waals surface area (Å²) in [6.07, 6.45) is 2.39. The lowest BCUT2D eigenvalue weighted by atomic mass is 9.45. The monoisotopic (exact) mass is 688 g/mol. The van der Waals surface area contributed by atoms with Crippen LogP contribution >= 0.6 is 11.3 Å². The van der Waals surface area contributed by atoms with Crippen molar-refractivity contribution in [3.63, 3.8) is 0 Å². The molecule has 0 atom stereocenters. The van der Waals surface area contributed by atoms with E-state index in [9.17, 15) is 0 Å². The summed E-state index contributed by atoms with van der Waals surface area (Å²) in [6, 6.07) is 41.1. The number of benzene rings is 6. The van der Waals surface area contributed by atoms with Crippen molar-refractivity contribution in [2.24, 2.45) is 0 Å². The fourth-order valence-electron chi connectivity index (χ4n) is 10.3. The molecule has 6 aromatic carbocycles. The molecule has 3 aliphatic rings. The number of anilines is 3. The maximum Gasteiger partial charge on any atom is 0.337 e. The van der Waals surface area contributed by atoms with Crippen molar-refractivity contribution in [1.82, 2.24) is 4.48 Å². The maximum absolute atomic E-state index is 6.94. The van der Waals surface area contributed by atoms with E-state index in [4.69, 9.17) is 4.42 Å². The zero-order chi connectivity index (χ0) is 34.8. The third-order valence-corrected chi connectivity index (χ3v) is 14.1. The lowest BCUT2D eigenvalue weighted by Gasteiger charge is -2.44. The van der Waals surface area contributed by atoms with E-state index in [2.05, 4.69) is 153 Å². The Hall–Kier alpha value is -5.26. The molecule has 12 rings (SSSR count). The highest BCUT2D eigenvalue weighted by atomic mass is 32.1. The minimum atomic E-state index is -0.0548. The van der Waals surface area contributed by atoms with Gasteiger partial charge in [0.05, 0.1) is 21.8 Å². The first-order chi connectivity index (χ1) is 25.2. The standard InChI is InChI=1S/C47H37BN2OS/c1-26-23-34-35(47(4,5)22-21-46(34,2)3)25-36(26)49-43-28-14-7-6-13-27(28)24-33-29-17-12-18-32-39-30-15-8-10-19-37(30)51-44(39)50(42(29)32)48(40(33)43)41-31-16-9-11-20-38(31)52-45(41)49/h6-20,23-25H,21-22H2,1-5H3. The number of aromatic nitrogens is 1. The first-order valence-corrected chi connectivity index (χ1v) is 19.5. The van der Waals surface area contributed by atoms with Crippen LogP contribution in [0.1, 0.15) is 57.2 Å². The average molecular weight is 689 g/mol. The van der Waals surface area contributed by atoms with Crippen LogP contribution in [0.4, 0.5) is 16.4 Å². The van der Waals surface area contributed by atoms with Gasteiger partial charge in [-0.05, 0) is 98.8 Å². The van der Waals surface area contributed by atoms with E-state index >= 15 is 0 Å². The lowest BCUT2D eigenvalue weighted by molar-refractivity contribution is 0.332. The number of thiophene rings is 1. The molecular weight excluding hydrogens is 651 g/mol. The number of nitrogens with zero attached hydrogens (tertiary/aromatic N) is 2. The number of rotatable bonds is 1. The Morgan fingerprint density at radius 3 is 2.19 bits per heavy atom. The van der Waals surface area contributed by atoms with Gasteiger partial charge in [-0.3, -0.25) is 0 Å². The van der Waals surface area contributed by atoms with Crippen LogP contribution in [0.2, 0.25) is 0 Å². The van der Waals surface area contributed by atoms with Crippen LogP contribution in [-0.4, -0.2) is 11.3 Å². The van der Waals surface area contributed by atoms with Gasteiger partial charge >= 0.3 is 6.85 Å². The van der Waals surface area contributed by atoms with Crippen molar-refractivity contribution in [1.29, 1.82) is 0 Å². The van der Waals surface area contributed by atoms with Crippen molar-refractivity contribution in [2.45, 2.75) is 58.3 Å². The summed E-state index contributed by atoms with van der Waals surface area (Å²) in [5.74, 6) is 0. The Morgan fingerprint density at radius 2 is 1.37 bits per heavy atom. The van der Waals surface area contributed by atoms with E-state index in [0.717, 1.165) is 11.3 Å². The molecule has 5 heteroatoms. The smallest absolute Gasteiger partial charge is 0.337 e. The predicted molar refractivity (Wildman–Crippen MR) is 223 cm³/mol. The zero-order valence-electron chi connectivity index (χ0n) is 30.1. The molecule has 3 aromatic heterocycles. The summed E-state index contributed by atoms with van der Waals surface area (Å²) in [6.45, 7) is 12.1.